The molecule has 1 saturated heterocycles. The summed E-state index contributed by atoms with van der Waals surface area (Å²) in [5.74, 6) is -1.98. The Morgan fingerprint density at radius 2 is 1.93 bits per heavy atom. The van der Waals surface area contributed by atoms with Crippen LogP contribution in [0.4, 0.5) is 11.5 Å². The smallest absolute Gasteiger partial charge is 0.309 e. The standard InChI is InChI=1S/C31H31ClN4O6S/c1-3-43(40,41)26-7-5-4-6-22(26)28-23(31(38)39)13-15-36(28)30(37)27(19-8-11-24(32)25(17-19)42-2)35-20-9-10-21-18(16-20)12-14-34-29(21)33/h4-12,14,16-17,23,27-28,35H,3,13,15H2,1-2H3,(H2,33,34)(H,38,39)/t23?,27-,28?/m0/s1. The zero-order valence-electron chi connectivity index (χ0n) is 23.5. The minimum atomic E-state index is -3.72. The largest absolute Gasteiger partial charge is 0.495 e. The van der Waals surface area contributed by atoms with Gasteiger partial charge in [-0.3, -0.25) is 9.59 Å². The lowest BCUT2D eigenvalue weighted by Crippen LogP contribution is -2.39. The Bertz CT molecular complexity index is 1820. The van der Waals surface area contributed by atoms with Crippen LogP contribution < -0.4 is 15.8 Å². The molecular weight excluding hydrogens is 592 g/mol. The van der Waals surface area contributed by atoms with E-state index in [1.165, 1.54) is 25.0 Å². The molecule has 1 aromatic heterocycles. The summed E-state index contributed by atoms with van der Waals surface area (Å²) in [5.41, 5.74) is 7.43. The van der Waals surface area contributed by atoms with Crippen LogP contribution in [0.3, 0.4) is 0 Å². The number of carboxylic acid groups (broad SMARTS) is 1. The van der Waals surface area contributed by atoms with Gasteiger partial charge in [0.25, 0.3) is 0 Å². The molecule has 0 aliphatic carbocycles. The van der Waals surface area contributed by atoms with Crippen molar-refractivity contribution >= 4 is 55.6 Å². The van der Waals surface area contributed by atoms with Crippen molar-refractivity contribution in [1.29, 1.82) is 0 Å². The van der Waals surface area contributed by atoms with E-state index in [0.717, 1.165) is 10.8 Å². The first kappa shape index (κ1) is 30.1. The molecule has 12 heteroatoms. The predicted molar refractivity (Wildman–Crippen MR) is 165 cm³/mol. The van der Waals surface area contributed by atoms with E-state index >= 15 is 0 Å². The van der Waals surface area contributed by atoms with Crippen molar-refractivity contribution in [2.75, 3.05) is 30.5 Å². The van der Waals surface area contributed by atoms with E-state index in [1.54, 1.807) is 60.8 Å². The Morgan fingerprint density at radius 1 is 1.16 bits per heavy atom. The molecule has 0 radical (unpaired) electrons. The number of likely N-dealkylation sites (tertiary alicyclic amines) is 1. The molecule has 1 aliphatic heterocycles. The van der Waals surface area contributed by atoms with Crippen molar-refractivity contribution in [2.45, 2.75) is 30.3 Å². The fourth-order valence-corrected chi connectivity index (χ4v) is 6.95. The number of halogens is 1. The van der Waals surface area contributed by atoms with Gasteiger partial charge in [0.2, 0.25) is 5.91 Å². The highest BCUT2D eigenvalue weighted by Gasteiger charge is 2.45. The number of carboxylic acids is 1. The van der Waals surface area contributed by atoms with Gasteiger partial charge in [-0.1, -0.05) is 42.8 Å². The molecule has 2 heterocycles. The van der Waals surface area contributed by atoms with Crippen LogP contribution in [0.25, 0.3) is 10.8 Å². The first-order valence-electron chi connectivity index (χ1n) is 13.6. The van der Waals surface area contributed by atoms with E-state index in [0.29, 0.717) is 27.8 Å². The van der Waals surface area contributed by atoms with Crippen LogP contribution in [0.5, 0.6) is 5.75 Å². The number of nitrogens with two attached hydrogens (primary N) is 1. The number of hydrogen-bond acceptors (Lipinski definition) is 8. The average Bonchev–Trinajstić information content (AvgIpc) is 3.46. The average molecular weight is 623 g/mol. The number of nitrogens with zero attached hydrogens (tertiary/aromatic N) is 2. The molecule has 1 amide bonds. The zero-order valence-corrected chi connectivity index (χ0v) is 25.1. The summed E-state index contributed by atoms with van der Waals surface area (Å²) in [6, 6.07) is 16.5. The van der Waals surface area contributed by atoms with Gasteiger partial charge in [0.1, 0.15) is 17.6 Å². The number of sulfone groups is 1. The van der Waals surface area contributed by atoms with E-state index in [4.69, 9.17) is 22.1 Å². The van der Waals surface area contributed by atoms with Gasteiger partial charge in [-0.05, 0) is 65.4 Å². The molecule has 0 bridgehead atoms. The van der Waals surface area contributed by atoms with Crippen LogP contribution in [0.1, 0.15) is 36.6 Å². The SMILES string of the molecule is CCS(=O)(=O)c1ccccc1C1C(C(=O)O)CCN1C(=O)[C@@H](Nc1ccc2c(N)nccc2c1)c1ccc(Cl)c(OC)c1. The number of amides is 1. The molecule has 43 heavy (non-hydrogen) atoms. The van der Waals surface area contributed by atoms with Crippen molar-refractivity contribution in [2.24, 2.45) is 5.92 Å². The minimum Gasteiger partial charge on any atom is -0.495 e. The number of pyridine rings is 1. The van der Waals surface area contributed by atoms with Crippen molar-refractivity contribution < 1.29 is 27.9 Å². The van der Waals surface area contributed by atoms with Gasteiger partial charge in [-0.2, -0.15) is 0 Å². The molecule has 3 aromatic carbocycles. The topological polar surface area (TPSA) is 152 Å². The summed E-state index contributed by atoms with van der Waals surface area (Å²) in [6.07, 6.45) is 1.75. The summed E-state index contributed by atoms with van der Waals surface area (Å²) < 4.78 is 31.5. The summed E-state index contributed by atoms with van der Waals surface area (Å²) in [7, 11) is -2.25. The Morgan fingerprint density at radius 3 is 2.65 bits per heavy atom. The zero-order chi connectivity index (χ0) is 30.9. The van der Waals surface area contributed by atoms with E-state index < -0.39 is 39.7 Å². The lowest BCUT2D eigenvalue weighted by atomic mass is 9.93. The highest BCUT2D eigenvalue weighted by atomic mass is 35.5. The third-order valence-electron chi connectivity index (χ3n) is 7.81. The fraction of sp³-hybridized carbons (Fsp3) is 0.258. The van der Waals surface area contributed by atoms with Crippen LogP contribution in [-0.4, -0.2) is 54.7 Å². The second kappa shape index (κ2) is 12.1. The lowest BCUT2D eigenvalue weighted by molar-refractivity contribution is -0.143. The molecule has 4 aromatic rings. The van der Waals surface area contributed by atoms with Crippen molar-refractivity contribution in [1.82, 2.24) is 9.88 Å². The third kappa shape index (κ3) is 5.82. The lowest BCUT2D eigenvalue weighted by Gasteiger charge is -2.32. The molecule has 1 aliphatic rings. The number of carbonyl (C=O) groups excluding carboxylic acids is 1. The number of nitrogen functional groups attached to an aromatic ring is 1. The van der Waals surface area contributed by atoms with Crippen molar-refractivity contribution in [3.63, 3.8) is 0 Å². The van der Waals surface area contributed by atoms with Crippen LogP contribution in [-0.2, 0) is 19.4 Å². The molecule has 10 nitrogen and oxygen atoms in total. The first-order valence-corrected chi connectivity index (χ1v) is 15.7. The Balaban J connectivity index is 1.62. The normalized spacial score (nSPS) is 17.5. The Labute approximate surface area is 254 Å². The number of benzene rings is 3. The van der Waals surface area contributed by atoms with Crippen LogP contribution in [0, 0.1) is 5.92 Å². The Hall–Kier alpha value is -4.35. The van der Waals surface area contributed by atoms with E-state index in [-0.39, 0.29) is 29.2 Å². The molecule has 3 atom stereocenters. The molecule has 5 rings (SSSR count). The number of aromatic nitrogens is 1. The number of nitrogens with one attached hydrogen (secondary N) is 1. The third-order valence-corrected chi connectivity index (χ3v) is 9.93. The second-order valence-corrected chi connectivity index (χ2v) is 12.9. The van der Waals surface area contributed by atoms with Gasteiger partial charge >= 0.3 is 5.97 Å². The molecular formula is C31H31ClN4O6S. The van der Waals surface area contributed by atoms with Crippen LogP contribution in [0.2, 0.25) is 5.02 Å². The van der Waals surface area contributed by atoms with Gasteiger partial charge < -0.3 is 25.8 Å². The molecule has 0 spiro atoms. The molecule has 1 fully saturated rings. The Kier molecular flexibility index (Phi) is 8.48. The number of aliphatic carboxylic acids is 1. The van der Waals surface area contributed by atoms with Crippen LogP contribution >= 0.6 is 11.6 Å². The second-order valence-electron chi connectivity index (χ2n) is 10.3. The number of hydrogen-bond donors (Lipinski definition) is 3. The fourth-order valence-electron chi connectivity index (χ4n) is 5.61. The van der Waals surface area contributed by atoms with Gasteiger partial charge in [-0.25, -0.2) is 13.4 Å². The molecule has 2 unspecified atom stereocenters. The monoisotopic (exact) mass is 622 g/mol. The van der Waals surface area contributed by atoms with E-state index in [2.05, 4.69) is 10.3 Å². The first-order chi connectivity index (χ1) is 20.6. The van der Waals surface area contributed by atoms with Gasteiger partial charge in [0.05, 0.1) is 34.7 Å². The highest BCUT2D eigenvalue weighted by molar-refractivity contribution is 7.91. The van der Waals surface area contributed by atoms with E-state index in [9.17, 15) is 23.1 Å². The summed E-state index contributed by atoms with van der Waals surface area (Å²) in [5, 5.41) is 15.4. The van der Waals surface area contributed by atoms with Gasteiger partial charge in [-0.15, -0.1) is 0 Å². The predicted octanol–water partition coefficient (Wildman–Crippen LogP) is 5.10. The maximum atomic E-state index is 14.6. The quantitative estimate of drug-likeness (QED) is 0.231. The van der Waals surface area contributed by atoms with Crippen molar-refractivity contribution in [3.8, 4) is 5.75 Å². The number of anilines is 2. The number of rotatable bonds is 9. The minimum absolute atomic E-state index is 0.0202. The summed E-state index contributed by atoms with van der Waals surface area (Å²) in [4.78, 5) is 32.6. The van der Waals surface area contributed by atoms with Crippen molar-refractivity contribution in [3.05, 3.63) is 89.1 Å². The number of carbonyl (C=O) groups is 2. The number of methoxy groups -OCH3 is 1. The maximum absolute atomic E-state index is 14.6. The number of fused-ring (bicyclic) bond motifs is 1. The van der Waals surface area contributed by atoms with Gasteiger partial charge in [0.15, 0.2) is 9.84 Å². The molecule has 4 N–H and O–H groups in total. The summed E-state index contributed by atoms with van der Waals surface area (Å²) in [6.45, 7) is 1.64. The number of ether oxygens (including phenoxy) is 1. The highest BCUT2D eigenvalue weighted by Crippen LogP contribution is 2.42. The maximum Gasteiger partial charge on any atom is 0.309 e. The summed E-state index contributed by atoms with van der Waals surface area (Å²) >= 11 is 6.30. The molecule has 224 valence electrons. The van der Waals surface area contributed by atoms with Crippen LogP contribution in [0.15, 0.2) is 77.8 Å². The molecule has 0 saturated carbocycles. The van der Waals surface area contributed by atoms with E-state index in [1.807, 2.05) is 6.07 Å². The van der Waals surface area contributed by atoms with Gasteiger partial charge in [0, 0.05) is 23.8 Å².